The molecule has 0 radical (unpaired) electrons. The molecule has 0 amide bonds. The van der Waals surface area contributed by atoms with Crippen LogP contribution in [0.15, 0.2) is 30.3 Å². The third-order valence-electron chi connectivity index (χ3n) is 4.55. The third kappa shape index (κ3) is 5.66. The van der Waals surface area contributed by atoms with Crippen LogP contribution >= 0.6 is 11.6 Å². The molecular weight excluding hydrogens is 358 g/mol. The van der Waals surface area contributed by atoms with Gasteiger partial charge in [-0.15, -0.1) is 0 Å². The maximum Gasteiger partial charge on any atom is 0.216 e. The van der Waals surface area contributed by atoms with Gasteiger partial charge >= 0.3 is 0 Å². The van der Waals surface area contributed by atoms with Gasteiger partial charge in [-0.25, -0.2) is 13.1 Å². The minimum absolute atomic E-state index is 0.0363. The van der Waals surface area contributed by atoms with Crippen molar-refractivity contribution in [3.8, 4) is 0 Å². The van der Waals surface area contributed by atoms with Gasteiger partial charge in [-0.1, -0.05) is 29.8 Å². The number of carbonyl (C=O) groups is 1. The maximum atomic E-state index is 12.3. The molecule has 2 rings (SSSR count). The number of halogens is 1. The lowest BCUT2D eigenvalue weighted by Gasteiger charge is -2.30. The van der Waals surface area contributed by atoms with Crippen molar-refractivity contribution < 1.29 is 13.2 Å². The molecule has 1 saturated carbocycles. The Kier molecular flexibility index (Phi) is 6.46. The van der Waals surface area contributed by atoms with Crippen LogP contribution in [0.3, 0.4) is 0 Å². The number of carbonyl (C=O) groups excluding carboxylic acids is 1. The van der Waals surface area contributed by atoms with Gasteiger partial charge in [0, 0.05) is 17.0 Å². The third-order valence-corrected chi connectivity index (χ3v) is 7.04. The van der Waals surface area contributed by atoms with Gasteiger partial charge in [-0.3, -0.25) is 4.79 Å². The zero-order valence-electron chi connectivity index (χ0n) is 15.0. The number of nitrogens with one attached hydrogen (secondary N) is 1. The monoisotopic (exact) mass is 383 g/mol. The Labute approximate surface area is 155 Å². The van der Waals surface area contributed by atoms with Crippen LogP contribution in [0.25, 0.3) is 6.08 Å². The molecule has 1 fully saturated rings. The molecule has 0 heterocycles. The van der Waals surface area contributed by atoms with Crippen molar-refractivity contribution in [2.75, 3.05) is 0 Å². The SMILES string of the molecule is CC(C)(C)S(=O)(=O)N[C@H]1CC[C@H](C(=O)/C=C/c2cccc(Cl)c2)CC1. The van der Waals surface area contributed by atoms with E-state index in [9.17, 15) is 13.2 Å². The predicted molar refractivity (Wildman–Crippen MR) is 103 cm³/mol. The fourth-order valence-electron chi connectivity index (χ4n) is 2.82. The van der Waals surface area contributed by atoms with Gasteiger partial charge in [0.25, 0.3) is 0 Å². The van der Waals surface area contributed by atoms with Crippen molar-refractivity contribution >= 4 is 33.5 Å². The zero-order valence-corrected chi connectivity index (χ0v) is 16.5. The van der Waals surface area contributed by atoms with Gasteiger partial charge < -0.3 is 0 Å². The normalized spacial score (nSPS) is 22.2. The van der Waals surface area contributed by atoms with Crippen LogP contribution in [0.4, 0.5) is 0 Å². The van der Waals surface area contributed by atoms with Crippen LogP contribution in [0.5, 0.6) is 0 Å². The van der Waals surface area contributed by atoms with E-state index < -0.39 is 14.8 Å². The van der Waals surface area contributed by atoms with Crippen molar-refractivity contribution in [1.29, 1.82) is 0 Å². The van der Waals surface area contributed by atoms with Gasteiger partial charge in [0.15, 0.2) is 5.78 Å². The van der Waals surface area contributed by atoms with E-state index >= 15 is 0 Å². The number of allylic oxidation sites excluding steroid dienone is 1. The second-order valence-corrected chi connectivity index (χ2v) is 10.5. The molecule has 4 nitrogen and oxygen atoms in total. The Hall–Kier alpha value is -1.17. The summed E-state index contributed by atoms with van der Waals surface area (Å²) in [5, 5.41) is 0.640. The number of ketones is 1. The quantitative estimate of drug-likeness (QED) is 0.775. The standard InChI is InChI=1S/C19H26ClNO3S/c1-19(2,3)25(23,24)21-17-10-8-15(9-11-17)18(22)12-7-14-5-4-6-16(20)13-14/h4-7,12-13,15,17,21H,8-11H2,1-3H3/b12-7+/t15-,17-. The minimum Gasteiger partial charge on any atom is -0.295 e. The number of hydrogen-bond acceptors (Lipinski definition) is 3. The van der Waals surface area contributed by atoms with Crippen LogP contribution in [-0.4, -0.2) is 25.0 Å². The number of rotatable bonds is 5. The number of hydrogen-bond donors (Lipinski definition) is 1. The Morgan fingerprint density at radius 3 is 2.40 bits per heavy atom. The minimum atomic E-state index is -3.35. The molecule has 0 aromatic heterocycles. The highest BCUT2D eigenvalue weighted by molar-refractivity contribution is 7.90. The lowest BCUT2D eigenvalue weighted by atomic mass is 9.83. The van der Waals surface area contributed by atoms with E-state index in [-0.39, 0.29) is 17.7 Å². The molecule has 1 N–H and O–H groups in total. The first kappa shape index (κ1) is 20.1. The largest absolute Gasteiger partial charge is 0.295 e. The highest BCUT2D eigenvalue weighted by Gasteiger charge is 2.33. The summed E-state index contributed by atoms with van der Waals surface area (Å²) in [6.07, 6.45) is 6.18. The van der Waals surface area contributed by atoms with Gasteiger partial charge in [0.05, 0.1) is 4.75 Å². The molecule has 25 heavy (non-hydrogen) atoms. The Balaban J connectivity index is 1.88. The smallest absolute Gasteiger partial charge is 0.216 e. The van der Waals surface area contributed by atoms with Crippen LogP contribution in [0.1, 0.15) is 52.0 Å². The van der Waals surface area contributed by atoms with Gasteiger partial charge in [-0.2, -0.15) is 0 Å². The zero-order chi connectivity index (χ0) is 18.7. The summed E-state index contributed by atoms with van der Waals surface area (Å²) in [4.78, 5) is 12.3. The van der Waals surface area contributed by atoms with E-state index in [4.69, 9.17) is 11.6 Å². The van der Waals surface area contributed by atoms with E-state index in [0.717, 1.165) is 5.56 Å². The highest BCUT2D eigenvalue weighted by Crippen LogP contribution is 2.27. The summed E-state index contributed by atoms with van der Waals surface area (Å²) in [7, 11) is -3.35. The van der Waals surface area contributed by atoms with Crippen LogP contribution in [0, 0.1) is 5.92 Å². The summed E-state index contributed by atoms with van der Waals surface area (Å²) in [5.41, 5.74) is 0.896. The van der Waals surface area contributed by atoms with Crippen molar-refractivity contribution in [1.82, 2.24) is 4.72 Å². The fourth-order valence-corrected chi connectivity index (χ4v) is 4.04. The maximum absolute atomic E-state index is 12.3. The first-order valence-electron chi connectivity index (χ1n) is 8.58. The lowest BCUT2D eigenvalue weighted by molar-refractivity contribution is -0.119. The van der Waals surface area contributed by atoms with Crippen molar-refractivity contribution in [3.05, 3.63) is 40.9 Å². The summed E-state index contributed by atoms with van der Waals surface area (Å²) in [6, 6.07) is 7.27. The Morgan fingerprint density at radius 1 is 1.20 bits per heavy atom. The van der Waals surface area contributed by atoms with E-state index in [0.29, 0.717) is 30.7 Å². The Bertz CT molecular complexity index is 742. The molecule has 138 valence electrons. The molecule has 1 aliphatic rings. The molecule has 6 heteroatoms. The number of benzene rings is 1. The van der Waals surface area contributed by atoms with Crippen molar-refractivity contribution in [3.63, 3.8) is 0 Å². The first-order chi connectivity index (χ1) is 11.6. The molecule has 0 spiro atoms. The summed E-state index contributed by atoms with van der Waals surface area (Å²) in [6.45, 7) is 5.06. The Morgan fingerprint density at radius 2 is 1.84 bits per heavy atom. The van der Waals surface area contributed by atoms with E-state index in [1.165, 1.54) is 0 Å². The fraction of sp³-hybridized carbons (Fsp3) is 0.526. The molecule has 0 saturated heterocycles. The van der Waals surface area contributed by atoms with Gasteiger partial charge in [0.1, 0.15) is 0 Å². The second-order valence-electron chi connectivity index (χ2n) is 7.57. The molecule has 0 bridgehead atoms. The second kappa shape index (κ2) is 8.02. The predicted octanol–water partition coefficient (Wildman–Crippen LogP) is 4.20. The topological polar surface area (TPSA) is 63.2 Å². The lowest BCUT2D eigenvalue weighted by Crippen LogP contribution is -2.46. The summed E-state index contributed by atoms with van der Waals surface area (Å²) in [5.74, 6) is 0.0583. The van der Waals surface area contributed by atoms with Crippen LogP contribution in [0.2, 0.25) is 5.02 Å². The van der Waals surface area contributed by atoms with Crippen LogP contribution in [-0.2, 0) is 14.8 Å². The molecule has 0 aliphatic heterocycles. The molecule has 1 aliphatic carbocycles. The van der Waals surface area contributed by atoms with Crippen LogP contribution < -0.4 is 4.72 Å². The molecular formula is C19H26ClNO3S. The summed E-state index contributed by atoms with van der Waals surface area (Å²) < 4.78 is 26.4. The van der Waals surface area contributed by atoms with E-state index in [1.54, 1.807) is 39.0 Å². The van der Waals surface area contributed by atoms with Crippen molar-refractivity contribution in [2.45, 2.75) is 57.2 Å². The number of sulfonamides is 1. The van der Waals surface area contributed by atoms with E-state index in [2.05, 4.69) is 4.72 Å². The molecule has 1 aromatic rings. The first-order valence-corrected chi connectivity index (χ1v) is 10.4. The molecule has 0 unspecified atom stereocenters. The molecule has 0 atom stereocenters. The van der Waals surface area contributed by atoms with E-state index in [1.807, 2.05) is 18.2 Å². The molecule has 1 aromatic carbocycles. The van der Waals surface area contributed by atoms with Gasteiger partial charge in [-0.05, 0) is 70.2 Å². The highest BCUT2D eigenvalue weighted by atomic mass is 35.5. The summed E-state index contributed by atoms with van der Waals surface area (Å²) >= 11 is 5.93. The van der Waals surface area contributed by atoms with Gasteiger partial charge in [0.2, 0.25) is 10.0 Å². The van der Waals surface area contributed by atoms with Crippen molar-refractivity contribution in [2.24, 2.45) is 5.92 Å². The average Bonchev–Trinajstić information content (AvgIpc) is 2.52. The average molecular weight is 384 g/mol.